The molecule has 0 bridgehead atoms. The van der Waals surface area contributed by atoms with E-state index in [0.29, 0.717) is 25.6 Å². The second kappa shape index (κ2) is 6.01. The van der Waals surface area contributed by atoms with Crippen LogP contribution in [-0.4, -0.2) is 29.9 Å². The van der Waals surface area contributed by atoms with Crippen molar-refractivity contribution in [2.45, 2.75) is 38.6 Å². The van der Waals surface area contributed by atoms with Crippen molar-refractivity contribution in [3.63, 3.8) is 0 Å². The van der Waals surface area contributed by atoms with Crippen LogP contribution in [0.3, 0.4) is 0 Å². The Morgan fingerprint density at radius 1 is 1.39 bits per heavy atom. The van der Waals surface area contributed by atoms with E-state index in [1.54, 1.807) is 0 Å². The predicted molar refractivity (Wildman–Crippen MR) is 73.3 cm³/mol. The third-order valence-electron chi connectivity index (χ3n) is 3.55. The van der Waals surface area contributed by atoms with Crippen molar-refractivity contribution in [1.29, 1.82) is 0 Å². The normalized spacial score (nSPS) is 14.6. The van der Waals surface area contributed by atoms with Gasteiger partial charge in [-0.3, -0.25) is 4.79 Å². The lowest BCUT2D eigenvalue weighted by Gasteiger charge is -2.21. The minimum Gasteiger partial charge on any atom is -0.338 e. The summed E-state index contributed by atoms with van der Waals surface area (Å²) >= 11 is 0. The number of nitrogens with zero attached hydrogens (tertiary/aromatic N) is 1. The van der Waals surface area contributed by atoms with Gasteiger partial charge in [-0.25, -0.2) is 0 Å². The van der Waals surface area contributed by atoms with Crippen LogP contribution in [0.1, 0.15) is 30.4 Å². The Balaban J connectivity index is 1.89. The first-order valence-corrected chi connectivity index (χ1v) is 6.76. The summed E-state index contributed by atoms with van der Waals surface area (Å²) in [6.45, 7) is 3.36. The molecule has 1 saturated carbocycles. The van der Waals surface area contributed by atoms with Crippen molar-refractivity contribution in [3.8, 4) is 0 Å². The summed E-state index contributed by atoms with van der Waals surface area (Å²) in [7, 11) is 0. The average Bonchev–Trinajstić information content (AvgIpc) is 3.19. The average molecular weight is 246 g/mol. The Morgan fingerprint density at radius 2 is 2.11 bits per heavy atom. The largest absolute Gasteiger partial charge is 0.338 e. The van der Waals surface area contributed by atoms with E-state index < -0.39 is 0 Å². The summed E-state index contributed by atoms with van der Waals surface area (Å²) < 4.78 is 0. The number of hydrogen-bond acceptors (Lipinski definition) is 2. The molecule has 0 saturated heterocycles. The quantitative estimate of drug-likeness (QED) is 0.833. The Bertz CT molecular complexity index is 413. The Morgan fingerprint density at radius 3 is 2.72 bits per heavy atom. The maximum absolute atomic E-state index is 12.2. The number of aryl methyl sites for hydroxylation is 2. The van der Waals surface area contributed by atoms with E-state index in [4.69, 9.17) is 5.73 Å². The second-order valence-electron chi connectivity index (χ2n) is 5.03. The smallest absolute Gasteiger partial charge is 0.223 e. The van der Waals surface area contributed by atoms with Crippen molar-refractivity contribution < 1.29 is 4.79 Å². The van der Waals surface area contributed by atoms with Crippen molar-refractivity contribution in [3.05, 3.63) is 35.4 Å². The highest BCUT2D eigenvalue weighted by molar-refractivity contribution is 5.77. The molecule has 1 aromatic rings. The number of nitrogens with two attached hydrogens (primary N) is 1. The minimum atomic E-state index is 0.256. The van der Waals surface area contributed by atoms with E-state index in [1.165, 1.54) is 11.1 Å². The molecule has 1 aliphatic carbocycles. The fraction of sp³-hybridized carbons (Fsp3) is 0.533. The third kappa shape index (κ3) is 3.33. The minimum absolute atomic E-state index is 0.256. The fourth-order valence-corrected chi connectivity index (χ4v) is 2.31. The first-order chi connectivity index (χ1) is 8.72. The lowest BCUT2D eigenvalue weighted by atomic mass is 10.0. The van der Waals surface area contributed by atoms with Gasteiger partial charge in [-0.2, -0.15) is 0 Å². The van der Waals surface area contributed by atoms with Gasteiger partial charge in [0.15, 0.2) is 0 Å². The highest BCUT2D eigenvalue weighted by atomic mass is 16.2. The van der Waals surface area contributed by atoms with Crippen LogP contribution in [-0.2, 0) is 11.2 Å². The number of benzene rings is 1. The Kier molecular flexibility index (Phi) is 4.37. The molecule has 0 atom stereocenters. The molecular weight excluding hydrogens is 224 g/mol. The Labute approximate surface area is 109 Å². The SMILES string of the molecule is Cc1ccccc1CCC(=O)N(CCN)C1CC1. The standard InChI is InChI=1S/C15H22N2O/c1-12-4-2-3-5-13(12)6-9-15(18)17(11-10-16)14-7-8-14/h2-5,14H,6-11,16H2,1H3. The highest BCUT2D eigenvalue weighted by Gasteiger charge is 2.31. The van der Waals surface area contributed by atoms with Crippen LogP contribution in [0.4, 0.5) is 0 Å². The molecule has 3 nitrogen and oxygen atoms in total. The van der Waals surface area contributed by atoms with Crippen LogP contribution in [0.5, 0.6) is 0 Å². The number of carbonyl (C=O) groups is 1. The molecule has 0 aliphatic heterocycles. The van der Waals surface area contributed by atoms with Crippen molar-refractivity contribution in [2.24, 2.45) is 5.73 Å². The summed E-state index contributed by atoms with van der Waals surface area (Å²) in [6, 6.07) is 8.74. The van der Waals surface area contributed by atoms with Gasteiger partial charge in [0.1, 0.15) is 0 Å². The van der Waals surface area contributed by atoms with Gasteiger partial charge in [0.25, 0.3) is 0 Å². The number of carbonyl (C=O) groups excluding carboxylic acids is 1. The molecule has 1 aromatic carbocycles. The molecule has 0 radical (unpaired) electrons. The van der Waals surface area contributed by atoms with Crippen LogP contribution in [0.2, 0.25) is 0 Å². The zero-order chi connectivity index (χ0) is 13.0. The van der Waals surface area contributed by atoms with Crippen LogP contribution in [0.15, 0.2) is 24.3 Å². The van der Waals surface area contributed by atoms with E-state index in [2.05, 4.69) is 19.1 Å². The predicted octanol–water partition coefficient (Wildman–Crippen LogP) is 1.88. The molecule has 98 valence electrons. The van der Waals surface area contributed by atoms with Gasteiger partial charge in [-0.05, 0) is 37.3 Å². The lowest BCUT2D eigenvalue weighted by Crippen LogP contribution is -2.37. The zero-order valence-electron chi connectivity index (χ0n) is 11.1. The summed E-state index contributed by atoms with van der Waals surface area (Å²) in [5.41, 5.74) is 8.11. The molecule has 0 heterocycles. The molecule has 18 heavy (non-hydrogen) atoms. The van der Waals surface area contributed by atoms with E-state index in [1.807, 2.05) is 17.0 Å². The molecule has 0 aromatic heterocycles. The zero-order valence-corrected chi connectivity index (χ0v) is 11.1. The van der Waals surface area contributed by atoms with Crippen LogP contribution in [0.25, 0.3) is 0 Å². The van der Waals surface area contributed by atoms with E-state index in [-0.39, 0.29) is 5.91 Å². The van der Waals surface area contributed by atoms with Crippen molar-refractivity contribution in [2.75, 3.05) is 13.1 Å². The van der Waals surface area contributed by atoms with Gasteiger partial charge in [0.2, 0.25) is 5.91 Å². The molecular formula is C15H22N2O. The maximum Gasteiger partial charge on any atom is 0.223 e. The number of amides is 1. The second-order valence-corrected chi connectivity index (χ2v) is 5.03. The molecule has 3 heteroatoms. The van der Waals surface area contributed by atoms with E-state index in [0.717, 1.165) is 19.3 Å². The van der Waals surface area contributed by atoms with Gasteiger partial charge < -0.3 is 10.6 Å². The number of hydrogen-bond donors (Lipinski definition) is 1. The van der Waals surface area contributed by atoms with Crippen molar-refractivity contribution in [1.82, 2.24) is 4.90 Å². The number of rotatable bonds is 6. The molecule has 2 N–H and O–H groups in total. The summed E-state index contributed by atoms with van der Waals surface area (Å²) in [4.78, 5) is 14.1. The molecule has 0 unspecified atom stereocenters. The molecule has 0 spiro atoms. The van der Waals surface area contributed by atoms with Gasteiger partial charge in [0, 0.05) is 25.6 Å². The van der Waals surface area contributed by atoms with E-state index >= 15 is 0 Å². The highest BCUT2D eigenvalue weighted by Crippen LogP contribution is 2.27. The molecule has 1 fully saturated rings. The van der Waals surface area contributed by atoms with Gasteiger partial charge in [0.05, 0.1) is 0 Å². The molecule has 1 aliphatic rings. The van der Waals surface area contributed by atoms with Gasteiger partial charge >= 0.3 is 0 Å². The lowest BCUT2D eigenvalue weighted by molar-refractivity contribution is -0.131. The monoisotopic (exact) mass is 246 g/mol. The third-order valence-corrected chi connectivity index (χ3v) is 3.55. The van der Waals surface area contributed by atoms with Crippen LogP contribution >= 0.6 is 0 Å². The maximum atomic E-state index is 12.2. The van der Waals surface area contributed by atoms with Gasteiger partial charge in [-0.1, -0.05) is 24.3 Å². The van der Waals surface area contributed by atoms with Crippen molar-refractivity contribution >= 4 is 5.91 Å². The fourth-order valence-electron chi connectivity index (χ4n) is 2.31. The summed E-state index contributed by atoms with van der Waals surface area (Å²) in [5, 5.41) is 0. The molecule has 1 amide bonds. The topological polar surface area (TPSA) is 46.3 Å². The first kappa shape index (κ1) is 13.1. The van der Waals surface area contributed by atoms with Crippen LogP contribution < -0.4 is 5.73 Å². The summed E-state index contributed by atoms with van der Waals surface area (Å²) in [5.74, 6) is 0.256. The Hall–Kier alpha value is -1.35. The molecule has 2 rings (SSSR count). The van der Waals surface area contributed by atoms with E-state index in [9.17, 15) is 4.79 Å². The van der Waals surface area contributed by atoms with Gasteiger partial charge in [-0.15, -0.1) is 0 Å². The van der Waals surface area contributed by atoms with Crippen LogP contribution in [0, 0.1) is 6.92 Å². The summed E-state index contributed by atoms with van der Waals surface area (Å²) in [6.07, 6.45) is 3.73. The first-order valence-electron chi connectivity index (χ1n) is 6.76.